The van der Waals surface area contributed by atoms with Crippen molar-refractivity contribution in [1.82, 2.24) is 9.55 Å². The molecule has 4 aromatic rings. The maximum atomic E-state index is 5.91. The number of imidazole rings is 1. The highest BCUT2D eigenvalue weighted by Gasteiger charge is 2.14. The summed E-state index contributed by atoms with van der Waals surface area (Å²) in [5.41, 5.74) is 3.47. The van der Waals surface area contributed by atoms with Gasteiger partial charge in [-0.3, -0.25) is 0 Å². The maximum Gasteiger partial charge on any atom is 0.177 e. The second kappa shape index (κ2) is 8.34. The van der Waals surface area contributed by atoms with Crippen molar-refractivity contribution < 1.29 is 9.15 Å². The number of hydrogen-bond donors (Lipinski definition) is 0. The SMILES string of the molecule is CC(C)c1ccc(OCCCCn2c(-c3ccco3)nc3ccccc32)cc1. The van der Waals surface area contributed by atoms with Crippen LogP contribution in [-0.4, -0.2) is 16.2 Å². The zero-order chi connectivity index (χ0) is 19.3. The molecule has 4 rings (SSSR count). The van der Waals surface area contributed by atoms with Gasteiger partial charge in [0.1, 0.15) is 5.75 Å². The van der Waals surface area contributed by atoms with E-state index in [0.717, 1.165) is 47.8 Å². The first-order valence-corrected chi connectivity index (χ1v) is 9.94. The van der Waals surface area contributed by atoms with Gasteiger partial charge >= 0.3 is 0 Å². The number of rotatable bonds is 8. The van der Waals surface area contributed by atoms with E-state index in [4.69, 9.17) is 14.1 Å². The van der Waals surface area contributed by atoms with Crippen molar-refractivity contribution in [1.29, 1.82) is 0 Å². The first kappa shape index (κ1) is 18.4. The van der Waals surface area contributed by atoms with Gasteiger partial charge in [0.05, 0.1) is 23.9 Å². The molecular weight excluding hydrogens is 348 g/mol. The Bertz CT molecular complexity index is 1010. The Morgan fingerprint density at radius 3 is 2.54 bits per heavy atom. The summed E-state index contributed by atoms with van der Waals surface area (Å²) in [6.45, 7) is 6.00. The van der Waals surface area contributed by atoms with Crippen molar-refractivity contribution in [2.45, 2.75) is 39.2 Å². The third-order valence-corrected chi connectivity index (χ3v) is 4.99. The molecule has 0 spiro atoms. The molecule has 2 heterocycles. The van der Waals surface area contributed by atoms with Gasteiger partial charge in [-0.15, -0.1) is 0 Å². The second-order valence-electron chi connectivity index (χ2n) is 7.33. The van der Waals surface area contributed by atoms with Crippen LogP contribution in [0.25, 0.3) is 22.6 Å². The van der Waals surface area contributed by atoms with Crippen molar-refractivity contribution in [2.75, 3.05) is 6.61 Å². The van der Waals surface area contributed by atoms with Crippen LogP contribution in [0.4, 0.5) is 0 Å². The van der Waals surface area contributed by atoms with E-state index < -0.39 is 0 Å². The van der Waals surface area contributed by atoms with E-state index in [-0.39, 0.29) is 0 Å². The normalized spacial score (nSPS) is 11.4. The van der Waals surface area contributed by atoms with Crippen LogP contribution in [-0.2, 0) is 6.54 Å². The lowest BCUT2D eigenvalue weighted by atomic mass is 10.0. The molecule has 0 radical (unpaired) electrons. The first-order valence-electron chi connectivity index (χ1n) is 9.94. The molecule has 2 aromatic heterocycles. The topological polar surface area (TPSA) is 40.2 Å². The monoisotopic (exact) mass is 374 g/mol. The maximum absolute atomic E-state index is 5.91. The molecule has 0 N–H and O–H groups in total. The fourth-order valence-electron chi connectivity index (χ4n) is 3.41. The Labute approximate surface area is 165 Å². The molecule has 0 saturated carbocycles. The van der Waals surface area contributed by atoms with Gasteiger partial charge in [0, 0.05) is 6.54 Å². The summed E-state index contributed by atoms with van der Waals surface area (Å²) in [4.78, 5) is 4.76. The number of aryl methyl sites for hydroxylation is 1. The third-order valence-electron chi connectivity index (χ3n) is 4.99. The van der Waals surface area contributed by atoms with Gasteiger partial charge < -0.3 is 13.7 Å². The fraction of sp³-hybridized carbons (Fsp3) is 0.292. The summed E-state index contributed by atoms with van der Waals surface area (Å²) in [7, 11) is 0. The van der Waals surface area contributed by atoms with Crippen molar-refractivity contribution in [3.05, 3.63) is 72.5 Å². The van der Waals surface area contributed by atoms with Crippen LogP contribution in [0.3, 0.4) is 0 Å². The summed E-state index contributed by atoms with van der Waals surface area (Å²) in [6, 6.07) is 20.5. The number of ether oxygens (including phenoxy) is 1. The zero-order valence-electron chi connectivity index (χ0n) is 16.5. The van der Waals surface area contributed by atoms with Crippen molar-refractivity contribution >= 4 is 11.0 Å². The van der Waals surface area contributed by atoms with Crippen molar-refractivity contribution in [3.8, 4) is 17.3 Å². The molecule has 0 bridgehead atoms. The van der Waals surface area contributed by atoms with Gasteiger partial charge in [-0.1, -0.05) is 38.1 Å². The van der Waals surface area contributed by atoms with Crippen molar-refractivity contribution in [2.24, 2.45) is 0 Å². The highest BCUT2D eigenvalue weighted by Crippen LogP contribution is 2.25. The van der Waals surface area contributed by atoms with E-state index in [2.05, 4.69) is 54.8 Å². The second-order valence-corrected chi connectivity index (χ2v) is 7.33. The lowest BCUT2D eigenvalue weighted by Gasteiger charge is -2.10. The molecule has 0 fully saturated rings. The smallest absolute Gasteiger partial charge is 0.177 e. The van der Waals surface area contributed by atoms with Crippen LogP contribution in [0.2, 0.25) is 0 Å². The number of hydrogen-bond acceptors (Lipinski definition) is 3. The number of furan rings is 1. The Morgan fingerprint density at radius 1 is 0.964 bits per heavy atom. The Hall–Kier alpha value is -3.01. The van der Waals surface area contributed by atoms with Gasteiger partial charge in [-0.25, -0.2) is 4.98 Å². The largest absolute Gasteiger partial charge is 0.494 e. The van der Waals surface area contributed by atoms with Gasteiger partial charge in [0.2, 0.25) is 0 Å². The highest BCUT2D eigenvalue weighted by molar-refractivity contribution is 5.79. The molecule has 4 nitrogen and oxygen atoms in total. The molecule has 4 heteroatoms. The molecule has 0 aliphatic heterocycles. The quantitative estimate of drug-likeness (QED) is 0.341. The lowest BCUT2D eigenvalue weighted by molar-refractivity contribution is 0.303. The minimum Gasteiger partial charge on any atom is -0.494 e. The minimum absolute atomic E-state index is 0.544. The molecular formula is C24H26N2O2. The molecule has 0 aliphatic carbocycles. The summed E-state index contributed by atoms with van der Waals surface area (Å²) < 4.78 is 13.7. The van der Waals surface area contributed by atoms with E-state index >= 15 is 0 Å². The summed E-state index contributed by atoms with van der Waals surface area (Å²) in [5, 5.41) is 0. The summed E-state index contributed by atoms with van der Waals surface area (Å²) >= 11 is 0. The number of unbranched alkanes of at least 4 members (excludes halogenated alkanes) is 1. The third kappa shape index (κ3) is 3.96. The predicted octanol–water partition coefficient (Wildman–Crippen LogP) is 6.28. The van der Waals surface area contributed by atoms with E-state index in [1.807, 2.05) is 24.3 Å². The van der Waals surface area contributed by atoms with Gasteiger partial charge in [-0.05, 0) is 60.7 Å². The fourth-order valence-corrected chi connectivity index (χ4v) is 3.41. The first-order chi connectivity index (χ1) is 13.7. The van der Waals surface area contributed by atoms with Crippen molar-refractivity contribution in [3.63, 3.8) is 0 Å². The predicted molar refractivity (Wildman–Crippen MR) is 113 cm³/mol. The van der Waals surface area contributed by atoms with Crippen LogP contribution in [0.5, 0.6) is 5.75 Å². The minimum atomic E-state index is 0.544. The van der Waals surface area contributed by atoms with Crippen LogP contribution >= 0.6 is 0 Å². The van der Waals surface area contributed by atoms with Gasteiger partial charge in [0.15, 0.2) is 11.6 Å². The Morgan fingerprint density at radius 2 is 1.79 bits per heavy atom. The number of benzene rings is 2. The number of aromatic nitrogens is 2. The number of nitrogens with zero attached hydrogens (tertiary/aromatic N) is 2. The van der Waals surface area contributed by atoms with E-state index in [1.165, 1.54) is 5.56 Å². The number of fused-ring (bicyclic) bond motifs is 1. The highest BCUT2D eigenvalue weighted by atomic mass is 16.5. The molecule has 0 amide bonds. The summed E-state index contributed by atoms with van der Waals surface area (Å²) in [5.74, 6) is 3.17. The van der Waals surface area contributed by atoms with Gasteiger partial charge in [-0.2, -0.15) is 0 Å². The molecule has 144 valence electrons. The van der Waals surface area contributed by atoms with Crippen LogP contribution in [0.1, 0.15) is 38.2 Å². The average molecular weight is 374 g/mol. The molecule has 0 atom stereocenters. The molecule has 0 unspecified atom stereocenters. The van der Waals surface area contributed by atoms with E-state index in [0.29, 0.717) is 12.5 Å². The average Bonchev–Trinajstić information content (AvgIpc) is 3.36. The van der Waals surface area contributed by atoms with Crippen LogP contribution < -0.4 is 4.74 Å². The molecule has 0 aliphatic rings. The number of para-hydroxylation sites is 2. The van der Waals surface area contributed by atoms with Crippen LogP contribution in [0.15, 0.2) is 71.3 Å². The Kier molecular flexibility index (Phi) is 5.47. The summed E-state index contributed by atoms with van der Waals surface area (Å²) in [6.07, 6.45) is 3.69. The van der Waals surface area contributed by atoms with Gasteiger partial charge in [0.25, 0.3) is 0 Å². The molecule has 28 heavy (non-hydrogen) atoms. The lowest BCUT2D eigenvalue weighted by Crippen LogP contribution is -2.04. The van der Waals surface area contributed by atoms with E-state index in [1.54, 1.807) is 6.26 Å². The Balaban J connectivity index is 1.37. The molecule has 2 aromatic carbocycles. The van der Waals surface area contributed by atoms with Crippen LogP contribution in [0, 0.1) is 0 Å². The standard InChI is InChI=1S/C24H26N2O2/c1-18(2)19-11-13-20(14-12-19)27-16-6-5-15-26-22-9-4-3-8-21(22)25-24(26)23-10-7-17-28-23/h3-4,7-14,17-18H,5-6,15-16H2,1-2H3. The molecule has 0 saturated heterocycles. The van der Waals surface area contributed by atoms with E-state index in [9.17, 15) is 0 Å². The zero-order valence-corrected chi connectivity index (χ0v) is 16.5.